The number of fused-ring (bicyclic) bond motifs is 1. The Labute approximate surface area is 123 Å². The first-order valence-electron chi connectivity index (χ1n) is 6.06. The molecule has 1 fully saturated rings. The number of nitrogens with one attached hydrogen (secondary N) is 1. The monoisotopic (exact) mass is 299 g/mol. The van der Waals surface area contributed by atoms with E-state index in [9.17, 15) is 19.5 Å². The van der Waals surface area contributed by atoms with E-state index in [2.05, 4.69) is 5.32 Å². The van der Waals surface area contributed by atoms with Crippen molar-refractivity contribution < 1.29 is 19.5 Å². The summed E-state index contributed by atoms with van der Waals surface area (Å²) in [6.07, 6.45) is 1.54. The van der Waals surface area contributed by atoms with Gasteiger partial charge in [0.15, 0.2) is 0 Å². The zero-order valence-corrected chi connectivity index (χ0v) is 11.4. The normalized spacial score (nSPS) is 16.5. The molecule has 3 rings (SSSR count). The van der Waals surface area contributed by atoms with Crippen molar-refractivity contribution >= 4 is 45.7 Å². The third-order valence-electron chi connectivity index (χ3n) is 3.10. The van der Waals surface area contributed by atoms with Crippen LogP contribution < -0.4 is 5.32 Å². The van der Waals surface area contributed by atoms with Crippen molar-refractivity contribution in [1.82, 2.24) is 5.32 Å². The maximum atomic E-state index is 11.6. The molecule has 0 atom stereocenters. The average Bonchev–Trinajstić information content (AvgIpc) is 2.76. The molecule has 5 nitrogen and oxygen atoms in total. The fourth-order valence-electron chi connectivity index (χ4n) is 2.23. The van der Waals surface area contributed by atoms with Crippen molar-refractivity contribution in [1.29, 1.82) is 0 Å². The van der Waals surface area contributed by atoms with Gasteiger partial charge in [0, 0.05) is 5.39 Å². The minimum Gasteiger partial charge on any atom is -0.478 e. The fraction of sp³-hybridized carbons (Fsp3) is 0. The number of benzene rings is 2. The van der Waals surface area contributed by atoms with Gasteiger partial charge >= 0.3 is 5.97 Å². The summed E-state index contributed by atoms with van der Waals surface area (Å²) in [7, 11) is 0. The summed E-state index contributed by atoms with van der Waals surface area (Å²) in [4.78, 5) is 34.4. The Morgan fingerprint density at radius 1 is 1.14 bits per heavy atom. The van der Waals surface area contributed by atoms with E-state index in [0.717, 1.165) is 17.1 Å². The second-order valence-electron chi connectivity index (χ2n) is 4.41. The minimum atomic E-state index is -1.04. The number of carboxylic acid groups (broad SMARTS) is 1. The predicted octanol–water partition coefficient (Wildman–Crippen LogP) is 2.86. The van der Waals surface area contributed by atoms with Crippen LogP contribution in [-0.2, 0) is 4.79 Å². The molecule has 0 unspecified atom stereocenters. The van der Waals surface area contributed by atoms with E-state index in [-0.39, 0.29) is 10.5 Å². The van der Waals surface area contributed by atoms with E-state index in [1.54, 1.807) is 36.4 Å². The summed E-state index contributed by atoms with van der Waals surface area (Å²) in [5, 5.41) is 12.4. The van der Waals surface area contributed by atoms with Gasteiger partial charge in [0.1, 0.15) is 0 Å². The number of carboxylic acids is 1. The van der Waals surface area contributed by atoms with Gasteiger partial charge in [-0.25, -0.2) is 4.79 Å². The van der Waals surface area contributed by atoms with E-state index < -0.39 is 17.1 Å². The zero-order valence-electron chi connectivity index (χ0n) is 10.6. The summed E-state index contributed by atoms with van der Waals surface area (Å²) in [6, 6.07) is 10.3. The predicted molar refractivity (Wildman–Crippen MR) is 80.0 cm³/mol. The highest BCUT2D eigenvalue weighted by Gasteiger charge is 2.25. The Morgan fingerprint density at radius 3 is 2.48 bits per heavy atom. The number of hydrogen-bond acceptors (Lipinski definition) is 4. The SMILES string of the molecule is O=C1NC(=O)/C(=C\c2cccc3cccc(C(=O)O)c23)S1. The van der Waals surface area contributed by atoms with Crippen LogP contribution in [0.15, 0.2) is 41.3 Å². The van der Waals surface area contributed by atoms with Gasteiger partial charge in [-0.3, -0.25) is 14.9 Å². The lowest BCUT2D eigenvalue weighted by Crippen LogP contribution is -2.17. The van der Waals surface area contributed by atoms with Crippen LogP contribution in [0, 0.1) is 0 Å². The first kappa shape index (κ1) is 13.4. The number of thioether (sulfide) groups is 1. The summed E-state index contributed by atoms with van der Waals surface area (Å²) >= 11 is 0.805. The number of hydrogen-bond donors (Lipinski definition) is 2. The van der Waals surface area contributed by atoms with Crippen molar-refractivity contribution in [2.45, 2.75) is 0 Å². The van der Waals surface area contributed by atoms with Crippen LogP contribution in [0.5, 0.6) is 0 Å². The largest absolute Gasteiger partial charge is 0.478 e. The van der Waals surface area contributed by atoms with Gasteiger partial charge in [0.2, 0.25) is 0 Å². The van der Waals surface area contributed by atoms with Crippen LogP contribution in [-0.4, -0.2) is 22.2 Å². The van der Waals surface area contributed by atoms with Crippen molar-refractivity contribution in [3.8, 4) is 0 Å². The number of rotatable bonds is 2. The van der Waals surface area contributed by atoms with Crippen molar-refractivity contribution in [3.05, 3.63) is 52.4 Å². The molecule has 2 aromatic carbocycles. The highest BCUT2D eigenvalue weighted by molar-refractivity contribution is 8.18. The highest BCUT2D eigenvalue weighted by atomic mass is 32.2. The fourth-order valence-corrected chi connectivity index (χ4v) is 2.90. The van der Waals surface area contributed by atoms with Gasteiger partial charge in [-0.05, 0) is 34.9 Å². The minimum absolute atomic E-state index is 0.162. The van der Waals surface area contributed by atoms with Crippen LogP contribution >= 0.6 is 11.8 Å². The van der Waals surface area contributed by atoms with Crippen molar-refractivity contribution in [3.63, 3.8) is 0 Å². The van der Waals surface area contributed by atoms with Gasteiger partial charge in [-0.15, -0.1) is 0 Å². The molecular weight excluding hydrogens is 290 g/mol. The molecule has 2 N–H and O–H groups in total. The maximum absolute atomic E-state index is 11.6. The molecule has 0 spiro atoms. The zero-order chi connectivity index (χ0) is 15.0. The lowest BCUT2D eigenvalue weighted by atomic mass is 9.99. The van der Waals surface area contributed by atoms with Gasteiger partial charge in [-0.1, -0.05) is 30.3 Å². The van der Waals surface area contributed by atoms with E-state index in [1.807, 2.05) is 0 Å². The lowest BCUT2D eigenvalue weighted by molar-refractivity contribution is -0.115. The molecule has 0 saturated carbocycles. The average molecular weight is 299 g/mol. The molecule has 0 bridgehead atoms. The number of carbonyl (C=O) groups is 3. The third kappa shape index (κ3) is 2.41. The summed E-state index contributed by atoms with van der Waals surface area (Å²) in [5.74, 6) is -1.50. The van der Waals surface area contributed by atoms with Crippen LogP contribution in [0.1, 0.15) is 15.9 Å². The number of imide groups is 1. The molecular formula is C15H9NO4S. The molecule has 1 heterocycles. The van der Waals surface area contributed by atoms with E-state index in [4.69, 9.17) is 0 Å². The standard InChI is InChI=1S/C15H9NO4S/c17-13-11(21-15(20)16-13)7-9-5-1-3-8-4-2-6-10(12(8)9)14(18)19/h1-7H,(H,18,19)(H,16,17,20)/b11-7+. The topological polar surface area (TPSA) is 83.5 Å². The highest BCUT2D eigenvalue weighted by Crippen LogP contribution is 2.30. The second kappa shape index (κ2) is 5.06. The summed E-state index contributed by atoms with van der Waals surface area (Å²) in [5.41, 5.74) is 0.757. The molecule has 21 heavy (non-hydrogen) atoms. The third-order valence-corrected chi connectivity index (χ3v) is 3.91. The first-order valence-corrected chi connectivity index (χ1v) is 6.88. The first-order chi connectivity index (χ1) is 10.1. The molecule has 104 valence electrons. The number of carbonyl (C=O) groups excluding carboxylic acids is 2. The molecule has 0 aliphatic carbocycles. The Morgan fingerprint density at radius 2 is 1.86 bits per heavy atom. The molecule has 0 radical (unpaired) electrons. The van der Waals surface area contributed by atoms with Gasteiger partial charge in [0.05, 0.1) is 10.5 Å². The van der Waals surface area contributed by atoms with Crippen LogP contribution in [0.2, 0.25) is 0 Å². The quantitative estimate of drug-likeness (QED) is 0.833. The number of aromatic carboxylic acids is 1. The van der Waals surface area contributed by atoms with Crippen LogP contribution in [0.4, 0.5) is 4.79 Å². The summed E-state index contributed by atoms with van der Waals surface area (Å²) in [6.45, 7) is 0. The Hall–Kier alpha value is -2.60. The summed E-state index contributed by atoms with van der Waals surface area (Å²) < 4.78 is 0. The molecule has 1 saturated heterocycles. The van der Waals surface area contributed by atoms with E-state index in [1.165, 1.54) is 6.07 Å². The Bertz CT molecular complexity index is 820. The Kier molecular flexibility index (Phi) is 3.23. The lowest BCUT2D eigenvalue weighted by Gasteiger charge is -2.06. The van der Waals surface area contributed by atoms with Gasteiger partial charge < -0.3 is 5.11 Å². The molecule has 2 aromatic rings. The maximum Gasteiger partial charge on any atom is 0.336 e. The van der Waals surface area contributed by atoms with Crippen LogP contribution in [0.25, 0.3) is 16.8 Å². The van der Waals surface area contributed by atoms with Gasteiger partial charge in [-0.2, -0.15) is 0 Å². The van der Waals surface area contributed by atoms with Gasteiger partial charge in [0.25, 0.3) is 11.1 Å². The molecule has 0 aromatic heterocycles. The van der Waals surface area contributed by atoms with E-state index in [0.29, 0.717) is 10.9 Å². The van der Waals surface area contributed by atoms with Crippen molar-refractivity contribution in [2.24, 2.45) is 0 Å². The van der Waals surface area contributed by atoms with Crippen molar-refractivity contribution in [2.75, 3.05) is 0 Å². The molecule has 1 aliphatic rings. The second-order valence-corrected chi connectivity index (χ2v) is 5.42. The molecule has 2 amide bonds. The number of amides is 2. The molecule has 1 aliphatic heterocycles. The van der Waals surface area contributed by atoms with E-state index >= 15 is 0 Å². The molecule has 6 heteroatoms. The van der Waals surface area contributed by atoms with Crippen LogP contribution in [0.3, 0.4) is 0 Å². The Balaban J connectivity index is 2.24. The smallest absolute Gasteiger partial charge is 0.336 e.